The fourth-order valence-corrected chi connectivity index (χ4v) is 3.24. The van der Waals surface area contributed by atoms with Crippen LogP contribution >= 0.6 is 11.3 Å². The lowest BCUT2D eigenvalue weighted by molar-refractivity contribution is 0.0638. The van der Waals surface area contributed by atoms with Crippen LogP contribution in [0.3, 0.4) is 0 Å². The van der Waals surface area contributed by atoms with Crippen LogP contribution in [0.15, 0.2) is 23.0 Å². The van der Waals surface area contributed by atoms with Crippen molar-refractivity contribution in [2.45, 2.75) is 0 Å². The molecule has 2 aromatic rings. The van der Waals surface area contributed by atoms with Crippen molar-refractivity contribution in [3.05, 3.63) is 34.3 Å². The van der Waals surface area contributed by atoms with Crippen LogP contribution in [-0.2, 0) is 7.05 Å². The zero-order valence-electron chi connectivity index (χ0n) is 13.5. The monoisotopic (exact) mass is 348 g/mol. The lowest BCUT2D eigenvalue weighted by Crippen LogP contribution is -2.50. The van der Waals surface area contributed by atoms with Crippen molar-refractivity contribution in [1.29, 1.82) is 0 Å². The smallest absolute Gasteiger partial charge is 0.273 e. The molecular weight excluding hydrogens is 328 g/mol. The van der Waals surface area contributed by atoms with Gasteiger partial charge >= 0.3 is 0 Å². The largest absolute Gasteiger partial charge is 0.349 e. The van der Waals surface area contributed by atoms with Crippen LogP contribution in [-0.4, -0.2) is 75.9 Å². The lowest BCUT2D eigenvalue weighted by Gasteiger charge is -2.34. The number of thiophene rings is 1. The summed E-state index contributed by atoms with van der Waals surface area (Å²) in [6.07, 6.45) is 1.59. The molecule has 9 heteroatoms. The van der Waals surface area contributed by atoms with E-state index in [0.29, 0.717) is 25.3 Å². The molecule has 0 saturated carbocycles. The number of piperazine rings is 1. The molecule has 1 aliphatic heterocycles. The van der Waals surface area contributed by atoms with Crippen LogP contribution in [0.2, 0.25) is 0 Å². The Hall–Kier alpha value is -2.26. The van der Waals surface area contributed by atoms with Crippen molar-refractivity contribution in [2.75, 3.05) is 39.3 Å². The minimum absolute atomic E-state index is 0.104. The van der Waals surface area contributed by atoms with Crippen molar-refractivity contribution in [2.24, 2.45) is 7.05 Å². The summed E-state index contributed by atoms with van der Waals surface area (Å²) in [7, 11) is 1.72. The third kappa shape index (κ3) is 3.98. The molecule has 2 aromatic heterocycles. The van der Waals surface area contributed by atoms with Gasteiger partial charge in [-0.3, -0.25) is 19.2 Å². The van der Waals surface area contributed by atoms with E-state index in [4.69, 9.17) is 0 Å². The Morgan fingerprint density at radius 2 is 2.08 bits per heavy atom. The van der Waals surface area contributed by atoms with E-state index in [1.54, 1.807) is 13.2 Å². The number of hydrogen-bond acceptors (Lipinski definition) is 6. The molecule has 0 aliphatic carbocycles. The van der Waals surface area contributed by atoms with Gasteiger partial charge in [0.25, 0.3) is 11.8 Å². The summed E-state index contributed by atoms with van der Waals surface area (Å²) in [6.45, 7) is 4.37. The normalized spacial score (nSPS) is 15.5. The second-order valence-electron chi connectivity index (χ2n) is 5.68. The van der Waals surface area contributed by atoms with Gasteiger partial charge in [-0.05, 0) is 11.4 Å². The summed E-state index contributed by atoms with van der Waals surface area (Å²) < 4.78 is 1.50. The van der Waals surface area contributed by atoms with Crippen LogP contribution in [0.1, 0.15) is 20.8 Å². The zero-order valence-corrected chi connectivity index (χ0v) is 14.3. The molecule has 3 rings (SSSR count). The topological polar surface area (TPSA) is 83.4 Å². The van der Waals surface area contributed by atoms with Gasteiger partial charge < -0.3 is 10.2 Å². The zero-order chi connectivity index (χ0) is 16.9. The van der Waals surface area contributed by atoms with Gasteiger partial charge in [0.05, 0.1) is 11.8 Å². The molecule has 3 heterocycles. The Morgan fingerprint density at radius 1 is 1.29 bits per heavy atom. The summed E-state index contributed by atoms with van der Waals surface area (Å²) >= 11 is 1.54. The van der Waals surface area contributed by atoms with E-state index in [2.05, 4.69) is 20.5 Å². The molecule has 0 spiro atoms. The molecule has 2 amide bonds. The lowest BCUT2D eigenvalue weighted by atomic mass is 10.2. The summed E-state index contributed by atoms with van der Waals surface area (Å²) in [6, 6.07) is 1.86. The molecule has 1 N–H and O–H groups in total. The number of nitrogens with one attached hydrogen (secondary N) is 1. The molecule has 0 atom stereocenters. The Labute approximate surface area is 144 Å². The fraction of sp³-hybridized carbons (Fsp3) is 0.467. The molecular formula is C15H20N6O2S. The van der Waals surface area contributed by atoms with E-state index in [9.17, 15) is 9.59 Å². The first-order chi connectivity index (χ1) is 11.6. The fourth-order valence-electron chi connectivity index (χ4n) is 2.61. The minimum Gasteiger partial charge on any atom is -0.349 e. The molecule has 8 nitrogen and oxygen atoms in total. The Morgan fingerprint density at radius 3 is 2.71 bits per heavy atom. The van der Waals surface area contributed by atoms with E-state index in [-0.39, 0.29) is 11.8 Å². The molecule has 1 aliphatic rings. The van der Waals surface area contributed by atoms with Crippen LogP contribution in [0.25, 0.3) is 0 Å². The summed E-state index contributed by atoms with van der Waals surface area (Å²) in [5.41, 5.74) is 1.09. The molecule has 128 valence electrons. The average molecular weight is 348 g/mol. The van der Waals surface area contributed by atoms with Crippen molar-refractivity contribution < 1.29 is 9.59 Å². The van der Waals surface area contributed by atoms with Crippen molar-refractivity contribution in [3.63, 3.8) is 0 Å². The standard InChI is InChI=1S/C15H20N6O2S/c1-19-10-13(17-18-19)14(22)16-3-4-20-5-7-21(8-6-20)15(23)12-2-9-24-11-12/h2,9-11H,3-8H2,1H3,(H,16,22). The maximum atomic E-state index is 12.3. The highest BCUT2D eigenvalue weighted by atomic mass is 32.1. The third-order valence-corrected chi connectivity index (χ3v) is 4.66. The number of amides is 2. The van der Waals surface area contributed by atoms with Crippen LogP contribution in [0.5, 0.6) is 0 Å². The van der Waals surface area contributed by atoms with Gasteiger partial charge in [0.1, 0.15) is 0 Å². The molecule has 0 unspecified atom stereocenters. The first kappa shape index (κ1) is 16.6. The number of nitrogens with zero attached hydrogens (tertiary/aromatic N) is 5. The number of carbonyl (C=O) groups excluding carboxylic acids is 2. The summed E-state index contributed by atoms with van der Waals surface area (Å²) in [5, 5.41) is 14.2. The maximum Gasteiger partial charge on any atom is 0.273 e. The predicted octanol–water partition coefficient (Wildman–Crippen LogP) is 0.0644. The van der Waals surface area contributed by atoms with Crippen molar-refractivity contribution >= 4 is 23.2 Å². The number of carbonyl (C=O) groups is 2. The van der Waals surface area contributed by atoms with Gasteiger partial charge in [0, 0.05) is 51.7 Å². The molecule has 0 bridgehead atoms. The molecule has 1 saturated heterocycles. The van der Waals surface area contributed by atoms with Gasteiger partial charge in [-0.25, -0.2) is 0 Å². The Kier molecular flexibility index (Phi) is 5.21. The van der Waals surface area contributed by atoms with Gasteiger partial charge in [-0.1, -0.05) is 5.21 Å². The van der Waals surface area contributed by atoms with E-state index in [1.807, 2.05) is 21.7 Å². The SMILES string of the molecule is Cn1cc(C(=O)NCCN2CCN(C(=O)c3ccsc3)CC2)nn1. The highest BCUT2D eigenvalue weighted by Gasteiger charge is 2.22. The number of hydrogen-bond donors (Lipinski definition) is 1. The molecule has 1 fully saturated rings. The Balaban J connectivity index is 1.38. The minimum atomic E-state index is -0.214. The van der Waals surface area contributed by atoms with Crippen LogP contribution in [0.4, 0.5) is 0 Å². The van der Waals surface area contributed by atoms with Crippen molar-refractivity contribution in [3.8, 4) is 0 Å². The maximum absolute atomic E-state index is 12.3. The van der Waals surface area contributed by atoms with Gasteiger partial charge in [-0.15, -0.1) is 5.10 Å². The second kappa shape index (κ2) is 7.54. The van der Waals surface area contributed by atoms with Gasteiger partial charge in [0.15, 0.2) is 5.69 Å². The number of aromatic nitrogens is 3. The van der Waals surface area contributed by atoms with E-state index in [1.165, 1.54) is 16.0 Å². The molecule has 0 aromatic carbocycles. The average Bonchev–Trinajstić information content (AvgIpc) is 3.26. The van der Waals surface area contributed by atoms with Crippen molar-refractivity contribution in [1.82, 2.24) is 30.1 Å². The highest BCUT2D eigenvalue weighted by molar-refractivity contribution is 7.08. The van der Waals surface area contributed by atoms with Gasteiger partial charge in [-0.2, -0.15) is 11.3 Å². The van der Waals surface area contributed by atoms with Crippen LogP contribution in [0, 0.1) is 0 Å². The van der Waals surface area contributed by atoms with Crippen LogP contribution < -0.4 is 5.32 Å². The quantitative estimate of drug-likeness (QED) is 0.826. The molecule has 24 heavy (non-hydrogen) atoms. The predicted molar refractivity (Wildman–Crippen MR) is 90.0 cm³/mol. The van der Waals surface area contributed by atoms with E-state index in [0.717, 1.165) is 25.2 Å². The van der Waals surface area contributed by atoms with Gasteiger partial charge in [0.2, 0.25) is 0 Å². The number of rotatable bonds is 5. The first-order valence-electron chi connectivity index (χ1n) is 7.82. The molecule has 0 radical (unpaired) electrons. The number of aryl methyl sites for hydroxylation is 1. The van der Waals surface area contributed by atoms with E-state index >= 15 is 0 Å². The Bertz CT molecular complexity index is 691. The third-order valence-electron chi connectivity index (χ3n) is 3.98. The second-order valence-corrected chi connectivity index (χ2v) is 6.46. The highest BCUT2D eigenvalue weighted by Crippen LogP contribution is 2.11. The van der Waals surface area contributed by atoms with E-state index < -0.39 is 0 Å². The summed E-state index contributed by atoms with van der Waals surface area (Å²) in [4.78, 5) is 28.3. The first-order valence-corrected chi connectivity index (χ1v) is 8.76. The summed E-state index contributed by atoms with van der Waals surface area (Å²) in [5.74, 6) is -0.110.